The van der Waals surface area contributed by atoms with Crippen LogP contribution in [0.5, 0.6) is 5.75 Å². The highest BCUT2D eigenvalue weighted by atomic mass is 16.5. The molecule has 0 aliphatic rings. The molecule has 0 amide bonds. The number of carbonyl (C=O) groups is 1. The van der Waals surface area contributed by atoms with Crippen LogP contribution in [0, 0.1) is 0 Å². The molecule has 1 heterocycles. The van der Waals surface area contributed by atoms with E-state index in [1.54, 1.807) is 30.5 Å². The number of rotatable bonds is 6. The van der Waals surface area contributed by atoms with Crippen molar-refractivity contribution in [2.45, 2.75) is 6.61 Å². The summed E-state index contributed by atoms with van der Waals surface area (Å²) in [5.41, 5.74) is 2.52. The Labute approximate surface area is 141 Å². The fraction of sp³-hybridized carbons (Fsp3) is 0.0476. The van der Waals surface area contributed by atoms with Crippen LogP contribution in [0.4, 0.5) is 0 Å². The Morgan fingerprint density at radius 3 is 2.38 bits per heavy atom. The van der Waals surface area contributed by atoms with Crippen LogP contribution in [-0.4, -0.2) is 10.8 Å². The second-order valence-electron chi connectivity index (χ2n) is 5.24. The van der Waals surface area contributed by atoms with Gasteiger partial charge in [-0.05, 0) is 35.9 Å². The summed E-state index contributed by atoms with van der Waals surface area (Å²) >= 11 is 0. The zero-order valence-corrected chi connectivity index (χ0v) is 13.1. The highest BCUT2D eigenvalue weighted by molar-refractivity contribution is 6.06. The molecule has 3 aromatic rings. The summed E-state index contributed by atoms with van der Waals surface area (Å²) < 4.78 is 5.69. The lowest BCUT2D eigenvalue weighted by atomic mass is 10.1. The molecule has 0 fully saturated rings. The Morgan fingerprint density at radius 2 is 1.67 bits per heavy atom. The first kappa shape index (κ1) is 15.7. The van der Waals surface area contributed by atoms with Gasteiger partial charge in [0.15, 0.2) is 5.78 Å². The van der Waals surface area contributed by atoms with E-state index in [4.69, 9.17) is 4.74 Å². The molecule has 0 aliphatic heterocycles. The van der Waals surface area contributed by atoms with Crippen molar-refractivity contribution in [1.29, 1.82) is 0 Å². The highest BCUT2D eigenvalue weighted by Gasteiger charge is 2.00. The van der Waals surface area contributed by atoms with Crippen LogP contribution in [0.15, 0.2) is 85.1 Å². The van der Waals surface area contributed by atoms with Gasteiger partial charge in [-0.1, -0.05) is 54.6 Å². The topological polar surface area (TPSA) is 39.2 Å². The summed E-state index contributed by atoms with van der Waals surface area (Å²) in [6.45, 7) is 0.433. The molecule has 0 radical (unpaired) electrons. The van der Waals surface area contributed by atoms with Gasteiger partial charge in [0.1, 0.15) is 12.4 Å². The average Bonchev–Trinajstić information content (AvgIpc) is 2.67. The number of aromatic nitrogens is 1. The molecule has 0 saturated carbocycles. The molecule has 0 N–H and O–H groups in total. The number of hydrogen-bond donors (Lipinski definition) is 0. The summed E-state index contributed by atoms with van der Waals surface area (Å²) in [4.78, 5) is 16.2. The Balaban J connectivity index is 1.58. The summed E-state index contributed by atoms with van der Waals surface area (Å²) in [5.74, 6) is 0.762. The van der Waals surface area contributed by atoms with Gasteiger partial charge in [-0.25, -0.2) is 0 Å². The summed E-state index contributed by atoms with van der Waals surface area (Å²) in [7, 11) is 0. The number of benzene rings is 2. The lowest BCUT2D eigenvalue weighted by Gasteiger charge is -2.05. The van der Waals surface area contributed by atoms with E-state index in [2.05, 4.69) is 4.98 Å². The third-order valence-corrected chi connectivity index (χ3v) is 3.48. The zero-order chi connectivity index (χ0) is 16.6. The first-order valence-electron chi connectivity index (χ1n) is 7.71. The van der Waals surface area contributed by atoms with Crippen LogP contribution in [0.1, 0.15) is 21.6 Å². The summed E-state index contributed by atoms with van der Waals surface area (Å²) in [5, 5.41) is 0. The Kier molecular flexibility index (Phi) is 5.15. The second kappa shape index (κ2) is 7.88. The lowest BCUT2D eigenvalue weighted by Crippen LogP contribution is -1.97. The minimum absolute atomic E-state index is 0.00826. The van der Waals surface area contributed by atoms with Gasteiger partial charge in [0.25, 0.3) is 0 Å². The minimum Gasteiger partial charge on any atom is -0.487 e. The average molecular weight is 315 g/mol. The van der Waals surface area contributed by atoms with E-state index >= 15 is 0 Å². The molecule has 24 heavy (non-hydrogen) atoms. The van der Waals surface area contributed by atoms with Crippen molar-refractivity contribution in [2.24, 2.45) is 0 Å². The molecule has 0 saturated heterocycles. The van der Waals surface area contributed by atoms with E-state index in [0.29, 0.717) is 12.2 Å². The van der Waals surface area contributed by atoms with Gasteiger partial charge in [-0.2, -0.15) is 0 Å². The quantitative estimate of drug-likeness (QED) is 0.494. The van der Waals surface area contributed by atoms with Crippen molar-refractivity contribution in [3.63, 3.8) is 0 Å². The monoisotopic (exact) mass is 315 g/mol. The van der Waals surface area contributed by atoms with Gasteiger partial charge >= 0.3 is 0 Å². The van der Waals surface area contributed by atoms with Crippen LogP contribution >= 0.6 is 0 Å². The number of pyridine rings is 1. The molecular formula is C21H17NO2. The van der Waals surface area contributed by atoms with E-state index in [9.17, 15) is 4.79 Å². The maximum atomic E-state index is 12.0. The van der Waals surface area contributed by atoms with Gasteiger partial charge < -0.3 is 4.74 Å². The fourth-order valence-electron chi connectivity index (χ4n) is 2.19. The van der Waals surface area contributed by atoms with Crippen molar-refractivity contribution in [2.75, 3.05) is 0 Å². The number of ether oxygens (including phenoxy) is 1. The minimum atomic E-state index is -0.00826. The number of allylic oxidation sites excluding steroid dienone is 1. The zero-order valence-electron chi connectivity index (χ0n) is 13.1. The Bertz CT molecular complexity index is 809. The molecule has 0 spiro atoms. The maximum absolute atomic E-state index is 12.0. The molecule has 0 atom stereocenters. The molecular weight excluding hydrogens is 298 g/mol. The predicted molar refractivity (Wildman–Crippen MR) is 94.8 cm³/mol. The first-order valence-corrected chi connectivity index (χ1v) is 7.71. The van der Waals surface area contributed by atoms with Gasteiger partial charge in [0.05, 0.1) is 5.69 Å². The van der Waals surface area contributed by atoms with E-state index in [1.165, 1.54) is 0 Å². The van der Waals surface area contributed by atoms with Crippen LogP contribution in [-0.2, 0) is 6.61 Å². The summed E-state index contributed by atoms with van der Waals surface area (Å²) in [6, 6.07) is 22.6. The Morgan fingerprint density at radius 1 is 0.917 bits per heavy atom. The predicted octanol–water partition coefficient (Wildman–Crippen LogP) is 4.56. The van der Waals surface area contributed by atoms with Crippen molar-refractivity contribution in [3.05, 3.63) is 102 Å². The standard InChI is InChI=1S/C21H17NO2/c23-21(18-6-2-1-3-7-18)14-11-17-9-12-20(13-10-17)24-16-19-8-4-5-15-22-19/h1-15H,16H2/b14-11+. The molecule has 3 rings (SSSR count). The van der Waals surface area contributed by atoms with Crippen molar-refractivity contribution >= 4 is 11.9 Å². The van der Waals surface area contributed by atoms with E-state index in [0.717, 1.165) is 17.0 Å². The number of nitrogens with zero attached hydrogens (tertiary/aromatic N) is 1. The number of carbonyl (C=O) groups excluding carboxylic acids is 1. The smallest absolute Gasteiger partial charge is 0.185 e. The molecule has 3 nitrogen and oxygen atoms in total. The van der Waals surface area contributed by atoms with Gasteiger partial charge in [0, 0.05) is 11.8 Å². The van der Waals surface area contributed by atoms with Crippen molar-refractivity contribution in [1.82, 2.24) is 4.98 Å². The molecule has 3 heteroatoms. The van der Waals surface area contributed by atoms with Crippen LogP contribution in [0.25, 0.3) is 6.08 Å². The third-order valence-electron chi connectivity index (χ3n) is 3.48. The molecule has 0 bridgehead atoms. The molecule has 0 unspecified atom stereocenters. The first-order chi connectivity index (χ1) is 11.8. The van der Waals surface area contributed by atoms with E-state index in [1.807, 2.05) is 60.7 Å². The van der Waals surface area contributed by atoms with Gasteiger partial charge in [-0.15, -0.1) is 0 Å². The molecule has 2 aromatic carbocycles. The van der Waals surface area contributed by atoms with E-state index in [-0.39, 0.29) is 5.78 Å². The summed E-state index contributed by atoms with van der Waals surface area (Å²) in [6.07, 6.45) is 5.13. The largest absolute Gasteiger partial charge is 0.487 e. The Hall–Kier alpha value is -3.20. The number of ketones is 1. The van der Waals surface area contributed by atoms with Crippen molar-refractivity contribution in [3.8, 4) is 5.75 Å². The molecule has 1 aromatic heterocycles. The maximum Gasteiger partial charge on any atom is 0.185 e. The van der Waals surface area contributed by atoms with E-state index < -0.39 is 0 Å². The number of hydrogen-bond acceptors (Lipinski definition) is 3. The van der Waals surface area contributed by atoms with Crippen molar-refractivity contribution < 1.29 is 9.53 Å². The normalized spacial score (nSPS) is 10.7. The third kappa shape index (κ3) is 4.40. The van der Waals surface area contributed by atoms with Gasteiger partial charge in [-0.3, -0.25) is 9.78 Å². The van der Waals surface area contributed by atoms with Gasteiger partial charge in [0.2, 0.25) is 0 Å². The second-order valence-corrected chi connectivity index (χ2v) is 5.24. The SMILES string of the molecule is O=C(/C=C/c1ccc(OCc2ccccn2)cc1)c1ccccc1. The van der Waals surface area contributed by atoms with Crippen LogP contribution in [0.3, 0.4) is 0 Å². The van der Waals surface area contributed by atoms with Crippen LogP contribution < -0.4 is 4.74 Å². The highest BCUT2D eigenvalue weighted by Crippen LogP contribution is 2.15. The molecule has 118 valence electrons. The van der Waals surface area contributed by atoms with Crippen LogP contribution in [0.2, 0.25) is 0 Å². The molecule has 0 aliphatic carbocycles. The lowest BCUT2D eigenvalue weighted by molar-refractivity contribution is 0.104. The fourth-order valence-corrected chi connectivity index (χ4v) is 2.19.